The number of carbonyl (C=O) groups excluding carboxylic acids is 2. The van der Waals surface area contributed by atoms with E-state index in [-0.39, 0.29) is 18.5 Å². The molecule has 2 saturated heterocycles. The normalized spacial score (nSPS) is 29.2. The first-order valence-electron chi connectivity index (χ1n) is 8.98. The molecule has 3 aliphatic rings. The zero-order valence-electron chi connectivity index (χ0n) is 14.3. The molecule has 130 valence electrons. The van der Waals surface area contributed by atoms with Gasteiger partial charge in [0.1, 0.15) is 6.54 Å². The van der Waals surface area contributed by atoms with Crippen molar-refractivity contribution in [3.63, 3.8) is 0 Å². The van der Waals surface area contributed by atoms with Gasteiger partial charge in [0.15, 0.2) is 0 Å². The van der Waals surface area contributed by atoms with Crippen molar-refractivity contribution in [3.05, 3.63) is 35.5 Å². The van der Waals surface area contributed by atoms with Crippen LogP contribution >= 0.6 is 0 Å². The summed E-state index contributed by atoms with van der Waals surface area (Å²) < 4.78 is 0. The van der Waals surface area contributed by atoms with E-state index in [1.165, 1.54) is 22.0 Å². The molecule has 1 unspecified atom stereocenters. The van der Waals surface area contributed by atoms with Gasteiger partial charge in [0, 0.05) is 42.1 Å². The minimum absolute atomic E-state index is 0.188. The number of nitrogens with one attached hydrogen (secondary N) is 2. The highest BCUT2D eigenvalue weighted by molar-refractivity contribution is 6.01. The Morgan fingerprint density at radius 2 is 2.16 bits per heavy atom. The quantitative estimate of drug-likeness (QED) is 0.819. The average molecular weight is 338 g/mol. The smallest absolute Gasteiger partial charge is 0.324 e. The topological polar surface area (TPSA) is 68.4 Å². The maximum atomic E-state index is 11.9. The number of aromatic nitrogens is 1. The number of carbonyl (C=O) groups is 2. The fourth-order valence-electron chi connectivity index (χ4n) is 5.13. The molecule has 2 N–H and O–H groups in total. The van der Waals surface area contributed by atoms with Crippen molar-refractivity contribution < 1.29 is 9.59 Å². The number of nitrogens with zero attached hydrogens (tertiary/aromatic N) is 2. The van der Waals surface area contributed by atoms with E-state index in [0.29, 0.717) is 24.4 Å². The molecule has 0 saturated carbocycles. The van der Waals surface area contributed by atoms with E-state index in [9.17, 15) is 9.59 Å². The number of likely N-dealkylation sites (tertiary alicyclic amines) is 1. The third-order valence-electron chi connectivity index (χ3n) is 6.16. The van der Waals surface area contributed by atoms with Crippen molar-refractivity contribution in [2.75, 3.05) is 26.7 Å². The molecule has 1 aliphatic carbocycles. The van der Waals surface area contributed by atoms with Crippen LogP contribution in [0.25, 0.3) is 10.9 Å². The number of urea groups is 1. The summed E-state index contributed by atoms with van der Waals surface area (Å²) in [7, 11) is 2.19. The van der Waals surface area contributed by atoms with Crippen molar-refractivity contribution in [2.24, 2.45) is 5.92 Å². The molecular formula is C19H22N4O2. The molecule has 3 heterocycles. The fourth-order valence-corrected chi connectivity index (χ4v) is 5.13. The van der Waals surface area contributed by atoms with Gasteiger partial charge in [-0.15, -0.1) is 0 Å². The third kappa shape index (κ3) is 2.28. The Bertz CT molecular complexity index is 873. The zero-order valence-corrected chi connectivity index (χ0v) is 14.3. The van der Waals surface area contributed by atoms with Crippen molar-refractivity contribution >= 4 is 22.8 Å². The molecule has 0 spiro atoms. The number of rotatable bonds is 2. The van der Waals surface area contributed by atoms with Crippen LogP contribution in [0.15, 0.2) is 24.4 Å². The van der Waals surface area contributed by atoms with Crippen LogP contribution in [0.4, 0.5) is 4.79 Å². The molecule has 0 bridgehead atoms. The number of H-pyrrole nitrogens is 1. The van der Waals surface area contributed by atoms with Gasteiger partial charge in [-0.3, -0.25) is 10.1 Å². The standard InChI is InChI=1S/C19H22N4O2/c1-22-8-11(9-23-10-17(24)21-19(23)25)5-14-13-3-2-4-15-18(13)12(7-20-15)6-16(14)22/h2-4,7,11,14,16,20H,5-6,8-10H2,1H3,(H,21,24,25)/t11-,14?,16-/m1/s1. The van der Waals surface area contributed by atoms with E-state index in [1.807, 2.05) is 0 Å². The van der Waals surface area contributed by atoms with Crippen LogP contribution in [0.5, 0.6) is 0 Å². The Morgan fingerprint density at radius 1 is 1.28 bits per heavy atom. The molecule has 6 heteroatoms. The number of amides is 3. The first kappa shape index (κ1) is 15.0. The molecule has 3 amide bonds. The first-order valence-corrected chi connectivity index (χ1v) is 8.98. The zero-order chi connectivity index (χ0) is 17.1. The van der Waals surface area contributed by atoms with Gasteiger partial charge in [0.25, 0.3) is 0 Å². The summed E-state index contributed by atoms with van der Waals surface area (Å²) in [4.78, 5) is 30.8. The molecule has 6 nitrogen and oxygen atoms in total. The number of hydrogen-bond donors (Lipinski definition) is 2. The summed E-state index contributed by atoms with van der Waals surface area (Å²) in [6, 6.07) is 6.81. The summed E-state index contributed by atoms with van der Waals surface area (Å²) in [6.07, 6.45) is 4.30. The number of piperidine rings is 1. The van der Waals surface area contributed by atoms with Crippen LogP contribution in [0.3, 0.4) is 0 Å². The van der Waals surface area contributed by atoms with E-state index in [1.54, 1.807) is 4.90 Å². The van der Waals surface area contributed by atoms with Crippen LogP contribution in [-0.2, 0) is 11.2 Å². The minimum Gasteiger partial charge on any atom is -0.361 e. The number of fused-ring (bicyclic) bond motifs is 2. The van der Waals surface area contributed by atoms with Crippen LogP contribution in [-0.4, -0.2) is 59.4 Å². The second-order valence-electron chi connectivity index (χ2n) is 7.74. The van der Waals surface area contributed by atoms with E-state index in [4.69, 9.17) is 0 Å². The molecule has 2 aliphatic heterocycles. The highest BCUT2D eigenvalue weighted by atomic mass is 16.2. The van der Waals surface area contributed by atoms with Gasteiger partial charge < -0.3 is 14.8 Å². The predicted octanol–water partition coefficient (Wildman–Crippen LogP) is 1.68. The SMILES string of the molecule is CN1C[C@H](CN2CC(=O)NC2=O)CC2c3cccc4[nH]cc(c34)C[C@H]21. The highest BCUT2D eigenvalue weighted by Gasteiger charge is 2.40. The predicted molar refractivity (Wildman–Crippen MR) is 94.4 cm³/mol. The summed E-state index contributed by atoms with van der Waals surface area (Å²) in [5.41, 5.74) is 4.07. The van der Waals surface area contributed by atoms with Gasteiger partial charge in [-0.05, 0) is 43.0 Å². The van der Waals surface area contributed by atoms with Crippen LogP contribution in [0.2, 0.25) is 0 Å². The molecule has 1 aromatic heterocycles. The Labute approximate surface area is 146 Å². The van der Waals surface area contributed by atoms with Crippen molar-refractivity contribution in [3.8, 4) is 0 Å². The van der Waals surface area contributed by atoms with Crippen LogP contribution in [0.1, 0.15) is 23.5 Å². The molecule has 2 fully saturated rings. The molecule has 2 aromatic rings. The number of aromatic amines is 1. The Hall–Kier alpha value is -2.34. The monoisotopic (exact) mass is 338 g/mol. The van der Waals surface area contributed by atoms with Gasteiger partial charge in [0.2, 0.25) is 5.91 Å². The minimum atomic E-state index is -0.242. The highest BCUT2D eigenvalue weighted by Crippen LogP contribution is 2.44. The van der Waals surface area contributed by atoms with Gasteiger partial charge >= 0.3 is 6.03 Å². The van der Waals surface area contributed by atoms with E-state index >= 15 is 0 Å². The summed E-state index contributed by atoms with van der Waals surface area (Å²) in [6.45, 7) is 1.82. The lowest BCUT2D eigenvalue weighted by atomic mass is 9.72. The molecule has 5 rings (SSSR count). The van der Waals surface area contributed by atoms with E-state index in [0.717, 1.165) is 19.4 Å². The van der Waals surface area contributed by atoms with Gasteiger partial charge in [-0.2, -0.15) is 0 Å². The second kappa shape index (κ2) is 5.33. The van der Waals surface area contributed by atoms with Crippen LogP contribution < -0.4 is 5.32 Å². The summed E-state index contributed by atoms with van der Waals surface area (Å²) in [5.74, 6) is 0.683. The maximum absolute atomic E-state index is 11.9. The third-order valence-corrected chi connectivity index (χ3v) is 6.16. The van der Waals surface area contributed by atoms with Gasteiger partial charge in [-0.1, -0.05) is 12.1 Å². The van der Waals surface area contributed by atoms with Gasteiger partial charge in [0.05, 0.1) is 0 Å². The van der Waals surface area contributed by atoms with Crippen molar-refractivity contribution in [1.29, 1.82) is 0 Å². The average Bonchev–Trinajstić information content (AvgIpc) is 3.13. The van der Waals surface area contributed by atoms with Crippen molar-refractivity contribution in [2.45, 2.75) is 24.8 Å². The molecular weight excluding hydrogens is 316 g/mol. The lowest BCUT2D eigenvalue weighted by Crippen LogP contribution is -2.50. The van der Waals surface area contributed by atoms with Crippen molar-refractivity contribution in [1.82, 2.24) is 20.1 Å². The number of likely N-dealkylation sites (N-methyl/N-ethyl adjacent to an activating group) is 1. The molecule has 3 atom stereocenters. The summed E-state index contributed by atoms with van der Waals surface area (Å²) >= 11 is 0. The van der Waals surface area contributed by atoms with E-state index < -0.39 is 0 Å². The first-order chi connectivity index (χ1) is 12.1. The molecule has 0 radical (unpaired) electrons. The second-order valence-corrected chi connectivity index (χ2v) is 7.74. The fraction of sp³-hybridized carbons (Fsp3) is 0.474. The van der Waals surface area contributed by atoms with Crippen LogP contribution in [0, 0.1) is 5.92 Å². The Kier molecular flexibility index (Phi) is 3.19. The summed E-state index contributed by atoms with van der Waals surface area (Å²) in [5, 5.41) is 3.78. The molecule has 25 heavy (non-hydrogen) atoms. The maximum Gasteiger partial charge on any atom is 0.324 e. The molecule has 1 aromatic carbocycles. The lowest BCUT2D eigenvalue weighted by Gasteiger charge is -2.46. The largest absolute Gasteiger partial charge is 0.361 e. The number of hydrogen-bond acceptors (Lipinski definition) is 3. The van der Waals surface area contributed by atoms with Gasteiger partial charge in [-0.25, -0.2) is 4.79 Å². The number of imide groups is 1. The number of benzene rings is 1. The van der Waals surface area contributed by atoms with E-state index in [2.05, 4.69) is 46.6 Å². The Balaban J connectivity index is 1.44. The Morgan fingerprint density at radius 3 is 2.96 bits per heavy atom. The lowest BCUT2D eigenvalue weighted by molar-refractivity contribution is -0.118.